The van der Waals surface area contributed by atoms with Crippen LogP contribution >= 0.6 is 0 Å². The number of carboxylic acids is 1. The van der Waals surface area contributed by atoms with Crippen LogP contribution in [-0.4, -0.2) is 112 Å². The number of nitrogens with two attached hydrogens (primary N) is 2. The number of ether oxygens (including phenoxy) is 1. The number of amides is 5. The average molecular weight is 846 g/mol. The SMILES string of the molecule is CC(C)(C)OC(=O)[C@](N)(CCCCN)C(=O)NC1CCCC1.CC[C@H](C)[C@H](NC(=O)[C@H](Cc1ccc(O)cc1)NC(=O)[C@@H]1CCCN1C=O)C(=O)N[C@@H](CC(C)C)C(=O)O. The Hall–Kier alpha value is -4.77. The first-order valence-corrected chi connectivity index (χ1v) is 21.3. The summed E-state index contributed by atoms with van der Waals surface area (Å²) < 4.78 is 5.36. The number of aliphatic carboxylic acids is 1. The molecule has 0 bridgehead atoms. The molecular formula is C43H71N7O10. The molecule has 0 spiro atoms. The van der Waals surface area contributed by atoms with Crippen LogP contribution in [0.5, 0.6) is 5.75 Å². The molecule has 60 heavy (non-hydrogen) atoms. The fourth-order valence-corrected chi connectivity index (χ4v) is 7.06. The number of aromatic hydroxyl groups is 1. The molecule has 2 fully saturated rings. The molecule has 3 rings (SSSR count). The van der Waals surface area contributed by atoms with Crippen molar-refractivity contribution in [1.29, 1.82) is 0 Å². The predicted molar refractivity (Wildman–Crippen MR) is 226 cm³/mol. The molecular weight excluding hydrogens is 775 g/mol. The number of carboxylic acid groups (broad SMARTS) is 1. The average Bonchev–Trinajstić information content (AvgIpc) is 3.89. The fourth-order valence-electron chi connectivity index (χ4n) is 7.06. The van der Waals surface area contributed by atoms with Crippen LogP contribution in [0.4, 0.5) is 0 Å². The first-order valence-electron chi connectivity index (χ1n) is 21.3. The zero-order valence-corrected chi connectivity index (χ0v) is 36.6. The van der Waals surface area contributed by atoms with Crippen LogP contribution < -0.4 is 32.7 Å². The molecule has 17 heteroatoms. The van der Waals surface area contributed by atoms with Crippen LogP contribution in [0, 0.1) is 11.8 Å². The second-order valence-electron chi connectivity index (χ2n) is 17.5. The van der Waals surface area contributed by atoms with Crippen molar-refractivity contribution in [2.75, 3.05) is 13.1 Å². The van der Waals surface area contributed by atoms with Crippen LogP contribution in [0.3, 0.4) is 0 Å². The number of hydrogen-bond donors (Lipinski definition) is 8. The summed E-state index contributed by atoms with van der Waals surface area (Å²) in [5.74, 6) is -4.18. The lowest BCUT2D eigenvalue weighted by molar-refractivity contribution is -0.165. The molecule has 1 aliphatic carbocycles. The first kappa shape index (κ1) is 51.4. The molecule has 1 heterocycles. The van der Waals surface area contributed by atoms with Crippen molar-refractivity contribution in [3.63, 3.8) is 0 Å². The number of likely N-dealkylation sites (tertiary alicyclic amines) is 1. The van der Waals surface area contributed by atoms with Crippen LogP contribution in [0.1, 0.15) is 125 Å². The number of nitrogens with zero attached hydrogens (tertiary/aromatic N) is 1. The van der Waals surface area contributed by atoms with Gasteiger partial charge in [-0.05, 0) is 108 Å². The topological polar surface area (TPSA) is 273 Å². The third-order valence-corrected chi connectivity index (χ3v) is 10.7. The predicted octanol–water partition coefficient (Wildman–Crippen LogP) is 2.40. The van der Waals surface area contributed by atoms with Gasteiger partial charge in [-0.2, -0.15) is 0 Å². The van der Waals surface area contributed by atoms with E-state index in [0.717, 1.165) is 32.1 Å². The minimum absolute atomic E-state index is 0.0273. The maximum atomic E-state index is 13.5. The van der Waals surface area contributed by atoms with E-state index < -0.39 is 70.9 Å². The van der Waals surface area contributed by atoms with E-state index in [1.54, 1.807) is 39.8 Å². The number of unbranched alkanes of at least 4 members (excludes halogenated alkanes) is 1. The Morgan fingerprint density at radius 2 is 1.55 bits per heavy atom. The van der Waals surface area contributed by atoms with Gasteiger partial charge in [-0.3, -0.25) is 24.0 Å². The molecule has 1 saturated heterocycles. The number of nitrogens with one attached hydrogen (secondary N) is 4. The van der Waals surface area contributed by atoms with Crippen LogP contribution in [0.25, 0.3) is 0 Å². The second-order valence-corrected chi connectivity index (χ2v) is 17.5. The summed E-state index contributed by atoms with van der Waals surface area (Å²) in [6.45, 7) is 13.6. The molecule has 1 aliphatic heterocycles. The van der Waals surface area contributed by atoms with Gasteiger partial charge in [0.25, 0.3) is 5.91 Å². The van der Waals surface area contributed by atoms with E-state index in [1.165, 1.54) is 17.0 Å². The normalized spacial score (nSPS) is 18.4. The molecule has 17 nitrogen and oxygen atoms in total. The van der Waals surface area contributed by atoms with Gasteiger partial charge in [0.2, 0.25) is 24.1 Å². The van der Waals surface area contributed by atoms with Crippen molar-refractivity contribution >= 4 is 42.0 Å². The Labute approximate surface area is 354 Å². The number of carbonyl (C=O) groups excluding carboxylic acids is 6. The van der Waals surface area contributed by atoms with Gasteiger partial charge in [-0.25, -0.2) is 9.59 Å². The van der Waals surface area contributed by atoms with E-state index in [9.17, 15) is 43.8 Å². The monoisotopic (exact) mass is 846 g/mol. The summed E-state index contributed by atoms with van der Waals surface area (Å²) in [7, 11) is 0. The number of hydrogen-bond acceptors (Lipinski definition) is 11. The molecule has 1 aromatic rings. The Balaban J connectivity index is 0.000000478. The lowest BCUT2D eigenvalue weighted by Crippen LogP contribution is -2.62. The Morgan fingerprint density at radius 1 is 0.917 bits per heavy atom. The van der Waals surface area contributed by atoms with Crippen molar-refractivity contribution in [2.45, 2.75) is 167 Å². The van der Waals surface area contributed by atoms with Crippen LogP contribution in [0.2, 0.25) is 0 Å². The van der Waals surface area contributed by atoms with Crippen LogP contribution in [0.15, 0.2) is 24.3 Å². The largest absolute Gasteiger partial charge is 0.508 e. The molecule has 6 atom stereocenters. The van der Waals surface area contributed by atoms with Gasteiger partial charge in [0.15, 0.2) is 5.54 Å². The van der Waals surface area contributed by atoms with Crippen LogP contribution in [-0.2, 0) is 44.7 Å². The Morgan fingerprint density at radius 3 is 2.08 bits per heavy atom. The summed E-state index contributed by atoms with van der Waals surface area (Å²) in [5.41, 5.74) is 10.0. The minimum Gasteiger partial charge on any atom is -0.508 e. The maximum Gasteiger partial charge on any atom is 0.336 e. The van der Waals surface area contributed by atoms with E-state index in [0.29, 0.717) is 50.7 Å². The number of benzene rings is 1. The van der Waals surface area contributed by atoms with E-state index in [2.05, 4.69) is 21.3 Å². The van der Waals surface area contributed by atoms with Gasteiger partial charge in [-0.1, -0.05) is 59.1 Å². The Bertz CT molecular complexity index is 1580. The van der Waals surface area contributed by atoms with Gasteiger partial charge < -0.3 is 52.6 Å². The van der Waals surface area contributed by atoms with Gasteiger partial charge in [0.1, 0.15) is 35.5 Å². The Kier molecular flexibility index (Phi) is 21.0. The third kappa shape index (κ3) is 16.7. The lowest BCUT2D eigenvalue weighted by Gasteiger charge is -2.31. The standard InChI is InChI=1S/C27H40N4O7.C16H31N3O3/c1-5-17(4)23(26(36)29-21(27(37)38)13-16(2)3)30-24(34)20(14-18-8-10-19(33)11-9-18)28-25(35)22-7-6-12-31(22)15-32;1-15(2,3)22-14(21)16(18,10-6-7-11-17)13(20)19-12-8-4-5-9-12/h8-11,15-17,20-23,33H,5-7,12-14H2,1-4H3,(H,28,35)(H,29,36)(H,30,34)(H,37,38);12H,4-11,17-18H2,1-3H3,(H,19,20)/t17-,20-,21-,22-,23-;16-/m00/s1. The molecule has 0 aromatic heterocycles. The molecule has 1 aromatic carbocycles. The van der Waals surface area contributed by atoms with Gasteiger partial charge >= 0.3 is 11.9 Å². The van der Waals surface area contributed by atoms with Gasteiger partial charge in [0, 0.05) is 19.0 Å². The highest BCUT2D eigenvalue weighted by Gasteiger charge is 2.45. The molecule has 2 aliphatic rings. The van der Waals surface area contributed by atoms with Crippen molar-refractivity contribution in [1.82, 2.24) is 26.2 Å². The summed E-state index contributed by atoms with van der Waals surface area (Å²) in [6.07, 6.45) is 8.27. The highest BCUT2D eigenvalue weighted by atomic mass is 16.6. The van der Waals surface area contributed by atoms with Gasteiger partial charge in [-0.15, -0.1) is 0 Å². The van der Waals surface area contributed by atoms with Crippen molar-refractivity contribution in [2.24, 2.45) is 23.3 Å². The van der Waals surface area contributed by atoms with Crippen molar-refractivity contribution in [3.8, 4) is 5.75 Å². The van der Waals surface area contributed by atoms with E-state index in [-0.39, 0.29) is 42.9 Å². The molecule has 338 valence electrons. The minimum atomic E-state index is -1.63. The lowest BCUT2D eigenvalue weighted by atomic mass is 9.91. The molecule has 5 amide bonds. The fraction of sp³-hybridized carbons (Fsp3) is 0.698. The van der Waals surface area contributed by atoms with E-state index in [1.807, 2.05) is 20.8 Å². The first-order chi connectivity index (χ1) is 28.1. The molecule has 10 N–H and O–H groups in total. The number of esters is 1. The zero-order valence-electron chi connectivity index (χ0n) is 36.6. The van der Waals surface area contributed by atoms with Crippen molar-refractivity contribution in [3.05, 3.63) is 29.8 Å². The van der Waals surface area contributed by atoms with Gasteiger partial charge in [0.05, 0.1) is 0 Å². The summed E-state index contributed by atoms with van der Waals surface area (Å²) in [4.78, 5) is 89.1. The van der Waals surface area contributed by atoms with Crippen molar-refractivity contribution < 1.29 is 48.5 Å². The quantitative estimate of drug-likeness (QED) is 0.0384. The molecule has 0 radical (unpaired) electrons. The van der Waals surface area contributed by atoms with E-state index in [4.69, 9.17) is 16.2 Å². The molecule has 0 unspecified atom stereocenters. The number of phenols is 1. The smallest absolute Gasteiger partial charge is 0.336 e. The number of carbonyl (C=O) groups is 7. The number of phenolic OH excluding ortho intramolecular Hbond substituents is 1. The summed E-state index contributed by atoms with van der Waals surface area (Å²) >= 11 is 0. The maximum absolute atomic E-state index is 13.5. The number of rotatable bonds is 21. The summed E-state index contributed by atoms with van der Waals surface area (Å²) in [5, 5.41) is 30.1. The highest BCUT2D eigenvalue weighted by molar-refractivity contribution is 6.07. The molecule has 1 saturated carbocycles. The highest BCUT2D eigenvalue weighted by Crippen LogP contribution is 2.23. The second kappa shape index (κ2) is 24.5. The summed E-state index contributed by atoms with van der Waals surface area (Å²) in [6, 6.07) is 2.39. The zero-order chi connectivity index (χ0) is 45.2. The third-order valence-electron chi connectivity index (χ3n) is 10.7. The van der Waals surface area contributed by atoms with E-state index >= 15 is 0 Å².